The Labute approximate surface area is 129 Å². The Morgan fingerprint density at radius 3 is 2.90 bits per heavy atom. The minimum absolute atomic E-state index is 0.113. The van der Waals surface area contributed by atoms with E-state index in [0.717, 1.165) is 5.56 Å². The van der Waals surface area contributed by atoms with Crippen molar-refractivity contribution in [2.45, 2.75) is 19.9 Å². The number of rotatable bonds is 2. The van der Waals surface area contributed by atoms with Crippen molar-refractivity contribution in [1.82, 2.24) is 9.97 Å². The van der Waals surface area contributed by atoms with Gasteiger partial charge in [-0.3, -0.25) is 9.69 Å². The summed E-state index contributed by atoms with van der Waals surface area (Å²) in [6, 6.07) is 4.75. The second-order valence-corrected chi connectivity index (χ2v) is 5.78. The predicted molar refractivity (Wildman–Crippen MR) is 80.2 cm³/mol. The number of aryl methyl sites for hydroxylation is 1. The maximum Gasteiger partial charge on any atom is 0.233 e. The Morgan fingerprint density at radius 2 is 2.19 bits per heavy atom. The monoisotopic (exact) mass is 350 g/mol. The summed E-state index contributed by atoms with van der Waals surface area (Å²) in [5.74, 6) is 0.0919. The van der Waals surface area contributed by atoms with Crippen LogP contribution in [0.4, 0.5) is 16.2 Å². The average Bonchev–Trinajstić information content (AvgIpc) is 2.70. The molecule has 21 heavy (non-hydrogen) atoms. The molecule has 1 aromatic carbocycles. The number of aromatic nitrogens is 2. The van der Waals surface area contributed by atoms with Crippen molar-refractivity contribution in [3.05, 3.63) is 45.3 Å². The smallest absolute Gasteiger partial charge is 0.233 e. The van der Waals surface area contributed by atoms with Crippen LogP contribution in [-0.4, -0.2) is 15.9 Å². The number of nitrogens with two attached hydrogens (primary N) is 1. The lowest BCUT2D eigenvalue weighted by atomic mass is 10.2. The minimum Gasteiger partial charge on any atom is -0.368 e. The van der Waals surface area contributed by atoms with E-state index in [2.05, 4.69) is 25.9 Å². The minimum atomic E-state index is -0.371. The fraction of sp³-hybridized carbons (Fsp3) is 0.214. The molecule has 5 nitrogen and oxygen atoms in total. The van der Waals surface area contributed by atoms with Gasteiger partial charge in [0.05, 0.1) is 13.0 Å². The molecule has 0 saturated carbocycles. The van der Waals surface area contributed by atoms with Gasteiger partial charge in [-0.1, -0.05) is 22.0 Å². The first kappa shape index (κ1) is 13.9. The molecule has 0 radical (unpaired) electrons. The molecule has 108 valence electrons. The molecular formula is C14H12BrFN4O. The highest BCUT2D eigenvalue weighted by Gasteiger charge is 2.31. The molecule has 0 fully saturated rings. The van der Waals surface area contributed by atoms with Crippen molar-refractivity contribution in [3.63, 3.8) is 0 Å². The summed E-state index contributed by atoms with van der Waals surface area (Å²) >= 11 is 3.21. The third-order valence-electron chi connectivity index (χ3n) is 3.44. The first-order valence-corrected chi connectivity index (χ1v) is 7.12. The van der Waals surface area contributed by atoms with Crippen LogP contribution in [-0.2, 0) is 17.8 Å². The molecule has 2 aromatic rings. The van der Waals surface area contributed by atoms with Crippen molar-refractivity contribution < 1.29 is 9.18 Å². The van der Waals surface area contributed by atoms with Gasteiger partial charge in [-0.2, -0.15) is 4.98 Å². The highest BCUT2D eigenvalue weighted by atomic mass is 79.9. The van der Waals surface area contributed by atoms with Crippen LogP contribution < -0.4 is 10.6 Å². The third kappa shape index (κ3) is 2.49. The number of fused-ring (bicyclic) bond motifs is 1. The molecule has 0 aliphatic carbocycles. The number of hydrogen-bond donors (Lipinski definition) is 1. The highest BCUT2D eigenvalue weighted by Crippen LogP contribution is 2.31. The number of amides is 1. The lowest BCUT2D eigenvalue weighted by Crippen LogP contribution is -2.27. The molecule has 1 aliphatic heterocycles. The zero-order valence-electron chi connectivity index (χ0n) is 11.2. The summed E-state index contributed by atoms with van der Waals surface area (Å²) in [5.41, 5.74) is 7.51. The highest BCUT2D eigenvalue weighted by molar-refractivity contribution is 9.10. The zero-order valence-corrected chi connectivity index (χ0v) is 12.8. The molecule has 0 bridgehead atoms. The number of carbonyl (C=O) groups is 1. The van der Waals surface area contributed by atoms with E-state index < -0.39 is 0 Å². The molecule has 7 heteroatoms. The molecule has 0 saturated heterocycles. The Morgan fingerprint density at radius 1 is 1.43 bits per heavy atom. The predicted octanol–water partition coefficient (Wildman–Crippen LogP) is 2.36. The van der Waals surface area contributed by atoms with Crippen LogP contribution in [0.2, 0.25) is 0 Å². The van der Waals surface area contributed by atoms with E-state index in [-0.39, 0.29) is 30.6 Å². The summed E-state index contributed by atoms with van der Waals surface area (Å²) in [6.07, 6.45) is 0.222. The van der Waals surface area contributed by atoms with E-state index in [0.29, 0.717) is 21.5 Å². The molecule has 0 spiro atoms. The SMILES string of the molecule is Cc1nc(N)nc2c1CC(=O)N2Cc1ccc(Br)cc1F. The molecule has 2 N–H and O–H groups in total. The van der Waals surface area contributed by atoms with Crippen LogP contribution >= 0.6 is 15.9 Å². The standard InChI is InChI=1S/C14H12BrFN4O/c1-7-10-5-12(21)20(13(10)19-14(17)18-7)6-8-2-3-9(15)4-11(8)16/h2-4H,5-6H2,1H3,(H2,17,18,19). The number of nitrogen functional groups attached to an aromatic ring is 1. The third-order valence-corrected chi connectivity index (χ3v) is 3.93. The second-order valence-electron chi connectivity index (χ2n) is 4.86. The van der Waals surface area contributed by atoms with E-state index in [4.69, 9.17) is 5.73 Å². The Balaban J connectivity index is 1.99. The molecule has 0 atom stereocenters. The summed E-state index contributed by atoms with van der Waals surface area (Å²) < 4.78 is 14.6. The Bertz CT molecular complexity index is 750. The van der Waals surface area contributed by atoms with Gasteiger partial charge >= 0.3 is 0 Å². The van der Waals surface area contributed by atoms with E-state index >= 15 is 0 Å². The average molecular weight is 351 g/mol. The zero-order chi connectivity index (χ0) is 15.1. The molecular weight excluding hydrogens is 339 g/mol. The van der Waals surface area contributed by atoms with Gasteiger partial charge in [-0.15, -0.1) is 0 Å². The number of nitrogens with zero attached hydrogens (tertiary/aromatic N) is 3. The molecule has 0 unspecified atom stereocenters. The topological polar surface area (TPSA) is 72.1 Å². The quantitative estimate of drug-likeness (QED) is 0.902. The second kappa shape index (κ2) is 5.07. The van der Waals surface area contributed by atoms with Gasteiger partial charge in [-0.25, -0.2) is 9.37 Å². The summed E-state index contributed by atoms with van der Waals surface area (Å²) in [7, 11) is 0. The van der Waals surface area contributed by atoms with Gasteiger partial charge in [0.1, 0.15) is 11.6 Å². The molecule has 1 aliphatic rings. The van der Waals surface area contributed by atoms with Crippen molar-refractivity contribution in [2.75, 3.05) is 10.6 Å². The van der Waals surface area contributed by atoms with E-state index in [1.54, 1.807) is 19.1 Å². The van der Waals surface area contributed by atoms with Crippen molar-refractivity contribution in [3.8, 4) is 0 Å². The fourth-order valence-electron chi connectivity index (χ4n) is 2.38. The van der Waals surface area contributed by atoms with Crippen LogP contribution in [0.1, 0.15) is 16.8 Å². The molecule has 1 aromatic heterocycles. The van der Waals surface area contributed by atoms with E-state index in [9.17, 15) is 9.18 Å². The molecule has 3 rings (SSSR count). The van der Waals surface area contributed by atoms with E-state index in [1.165, 1.54) is 11.0 Å². The lowest BCUT2D eigenvalue weighted by molar-refractivity contribution is -0.117. The number of halogens is 2. The normalized spacial score (nSPS) is 13.7. The van der Waals surface area contributed by atoms with Gasteiger partial charge in [0.25, 0.3) is 0 Å². The number of hydrogen-bond acceptors (Lipinski definition) is 4. The van der Waals surface area contributed by atoms with Crippen LogP contribution in [0.15, 0.2) is 22.7 Å². The van der Waals surface area contributed by atoms with Crippen LogP contribution in [0.3, 0.4) is 0 Å². The lowest BCUT2D eigenvalue weighted by Gasteiger charge is -2.17. The Hall–Kier alpha value is -2.02. The van der Waals surface area contributed by atoms with Gasteiger partial charge in [-0.05, 0) is 19.1 Å². The number of anilines is 2. The molecule has 1 amide bonds. The number of benzene rings is 1. The van der Waals surface area contributed by atoms with Gasteiger partial charge in [0, 0.05) is 21.3 Å². The van der Waals surface area contributed by atoms with Crippen molar-refractivity contribution >= 4 is 33.6 Å². The largest absolute Gasteiger partial charge is 0.368 e. The Kier molecular flexibility index (Phi) is 3.36. The maximum absolute atomic E-state index is 13.9. The van der Waals surface area contributed by atoms with Crippen molar-refractivity contribution in [1.29, 1.82) is 0 Å². The van der Waals surface area contributed by atoms with Crippen molar-refractivity contribution in [2.24, 2.45) is 0 Å². The molecule has 2 heterocycles. The van der Waals surface area contributed by atoms with E-state index in [1.807, 2.05) is 0 Å². The first-order chi connectivity index (χ1) is 9.95. The maximum atomic E-state index is 13.9. The van der Waals surface area contributed by atoms with Crippen LogP contribution in [0.25, 0.3) is 0 Å². The van der Waals surface area contributed by atoms with Crippen LogP contribution in [0.5, 0.6) is 0 Å². The summed E-state index contributed by atoms with van der Waals surface area (Å²) in [4.78, 5) is 21.8. The summed E-state index contributed by atoms with van der Waals surface area (Å²) in [5, 5.41) is 0. The van der Waals surface area contributed by atoms with Gasteiger partial charge in [0.15, 0.2) is 0 Å². The fourth-order valence-corrected chi connectivity index (χ4v) is 2.71. The first-order valence-electron chi connectivity index (χ1n) is 6.33. The van der Waals surface area contributed by atoms with Crippen LogP contribution in [0, 0.1) is 12.7 Å². The van der Waals surface area contributed by atoms with Gasteiger partial charge < -0.3 is 5.73 Å². The van der Waals surface area contributed by atoms with Gasteiger partial charge in [0.2, 0.25) is 11.9 Å². The summed E-state index contributed by atoms with van der Waals surface area (Å²) in [6.45, 7) is 1.91. The number of carbonyl (C=O) groups excluding carboxylic acids is 1.